The van der Waals surface area contributed by atoms with Crippen LogP contribution in [-0.4, -0.2) is 36.9 Å². The fourth-order valence-electron chi connectivity index (χ4n) is 3.18. The molecule has 0 saturated heterocycles. The lowest BCUT2D eigenvalue weighted by atomic mass is 10.0. The minimum absolute atomic E-state index is 0.0203. The van der Waals surface area contributed by atoms with Gasteiger partial charge in [-0.3, -0.25) is 9.36 Å². The fourth-order valence-corrected chi connectivity index (χ4v) is 3.92. The lowest BCUT2D eigenvalue weighted by molar-refractivity contribution is -0.120. The first-order valence-electron chi connectivity index (χ1n) is 9.93. The number of furan rings is 1. The van der Waals surface area contributed by atoms with Gasteiger partial charge in [-0.05, 0) is 38.5 Å². The van der Waals surface area contributed by atoms with Gasteiger partial charge in [0.15, 0.2) is 11.0 Å². The standard InChI is InChI=1S/C22H25N5O2S/c1-4-22(2,3)24-19(28)14-30-21-26-25-20(27(21)13-15-8-7-11-29-15)17-12-23-18-10-6-5-9-16(17)18/h5-12,23H,4,13-14H2,1-3H3,(H,24,28). The van der Waals surface area contributed by atoms with Crippen molar-refractivity contribution >= 4 is 28.6 Å². The Bertz CT molecular complexity index is 1140. The lowest BCUT2D eigenvalue weighted by Crippen LogP contribution is -2.43. The molecule has 0 unspecified atom stereocenters. The normalized spacial score (nSPS) is 11.8. The fraction of sp³-hybridized carbons (Fsp3) is 0.318. The van der Waals surface area contributed by atoms with Gasteiger partial charge in [0, 0.05) is 28.2 Å². The van der Waals surface area contributed by atoms with Gasteiger partial charge in [0.1, 0.15) is 5.76 Å². The maximum absolute atomic E-state index is 12.4. The molecule has 0 atom stereocenters. The number of H-pyrrole nitrogens is 1. The topological polar surface area (TPSA) is 88.7 Å². The lowest BCUT2D eigenvalue weighted by Gasteiger charge is -2.24. The number of carbonyl (C=O) groups is 1. The van der Waals surface area contributed by atoms with Gasteiger partial charge >= 0.3 is 0 Å². The van der Waals surface area contributed by atoms with Gasteiger partial charge in [-0.15, -0.1) is 10.2 Å². The number of carbonyl (C=O) groups excluding carboxylic acids is 1. The molecule has 3 aromatic heterocycles. The van der Waals surface area contributed by atoms with Crippen LogP contribution in [-0.2, 0) is 11.3 Å². The van der Waals surface area contributed by atoms with Crippen LogP contribution < -0.4 is 5.32 Å². The molecule has 8 heteroatoms. The summed E-state index contributed by atoms with van der Waals surface area (Å²) in [7, 11) is 0. The van der Waals surface area contributed by atoms with Crippen molar-refractivity contribution in [1.29, 1.82) is 0 Å². The van der Waals surface area contributed by atoms with Crippen LogP contribution in [0.4, 0.5) is 0 Å². The summed E-state index contributed by atoms with van der Waals surface area (Å²) in [4.78, 5) is 15.7. The summed E-state index contributed by atoms with van der Waals surface area (Å²) in [5, 5.41) is 13.7. The number of rotatable bonds is 8. The molecule has 4 aromatic rings. The van der Waals surface area contributed by atoms with Crippen molar-refractivity contribution in [2.75, 3.05) is 5.75 Å². The Morgan fingerprint density at radius 1 is 1.23 bits per heavy atom. The molecule has 0 saturated carbocycles. The van der Waals surface area contributed by atoms with Crippen LogP contribution in [0, 0.1) is 0 Å². The van der Waals surface area contributed by atoms with E-state index in [0.29, 0.717) is 11.7 Å². The molecule has 0 radical (unpaired) electrons. The molecule has 0 aliphatic carbocycles. The summed E-state index contributed by atoms with van der Waals surface area (Å²) in [6, 6.07) is 11.9. The van der Waals surface area contributed by atoms with Crippen LogP contribution in [0.15, 0.2) is 58.4 Å². The molecule has 0 aliphatic rings. The first kappa shape index (κ1) is 20.3. The van der Waals surface area contributed by atoms with E-state index in [9.17, 15) is 4.79 Å². The summed E-state index contributed by atoms with van der Waals surface area (Å²) in [5.41, 5.74) is 1.78. The summed E-state index contributed by atoms with van der Waals surface area (Å²) < 4.78 is 7.55. The molecule has 2 N–H and O–H groups in total. The van der Waals surface area contributed by atoms with Crippen molar-refractivity contribution in [2.45, 2.75) is 44.4 Å². The third kappa shape index (κ3) is 4.28. The van der Waals surface area contributed by atoms with E-state index < -0.39 is 0 Å². The second kappa shape index (κ2) is 8.39. The number of nitrogens with one attached hydrogen (secondary N) is 2. The summed E-state index contributed by atoms with van der Waals surface area (Å²) in [5.74, 6) is 1.79. The van der Waals surface area contributed by atoms with E-state index >= 15 is 0 Å². The van der Waals surface area contributed by atoms with Crippen molar-refractivity contribution in [3.63, 3.8) is 0 Å². The molecule has 0 spiro atoms. The van der Waals surface area contributed by atoms with Gasteiger partial charge in [0.2, 0.25) is 5.91 Å². The molecular formula is C22H25N5O2S. The SMILES string of the molecule is CCC(C)(C)NC(=O)CSc1nnc(-c2c[nH]c3ccccc23)n1Cc1ccco1. The molecule has 1 aromatic carbocycles. The van der Waals surface area contributed by atoms with Crippen molar-refractivity contribution in [1.82, 2.24) is 25.1 Å². The summed E-state index contributed by atoms with van der Waals surface area (Å²) in [6.45, 7) is 6.58. The third-order valence-corrected chi connectivity index (χ3v) is 6.10. The van der Waals surface area contributed by atoms with Crippen molar-refractivity contribution in [3.8, 4) is 11.4 Å². The minimum atomic E-state index is -0.227. The Labute approximate surface area is 179 Å². The number of nitrogens with zero attached hydrogens (tertiary/aromatic N) is 3. The summed E-state index contributed by atoms with van der Waals surface area (Å²) >= 11 is 1.38. The van der Waals surface area contributed by atoms with Crippen molar-refractivity contribution < 1.29 is 9.21 Å². The van der Waals surface area contributed by atoms with Crippen LogP contribution in [0.3, 0.4) is 0 Å². The number of aromatic amines is 1. The first-order chi connectivity index (χ1) is 14.5. The average Bonchev–Trinajstić information content (AvgIpc) is 3.46. The van der Waals surface area contributed by atoms with E-state index in [4.69, 9.17) is 4.42 Å². The highest BCUT2D eigenvalue weighted by Gasteiger charge is 2.21. The number of thioether (sulfide) groups is 1. The molecule has 0 bridgehead atoms. The van der Waals surface area contributed by atoms with Crippen LogP contribution in [0.1, 0.15) is 33.0 Å². The predicted octanol–water partition coefficient (Wildman–Crippen LogP) is 4.46. The van der Waals surface area contributed by atoms with Gasteiger partial charge in [0.25, 0.3) is 0 Å². The van der Waals surface area contributed by atoms with E-state index in [1.807, 2.05) is 54.9 Å². The van der Waals surface area contributed by atoms with Gasteiger partial charge in [0.05, 0.1) is 18.6 Å². The van der Waals surface area contributed by atoms with Crippen LogP contribution in [0.2, 0.25) is 0 Å². The molecule has 3 heterocycles. The highest BCUT2D eigenvalue weighted by molar-refractivity contribution is 7.99. The zero-order chi connectivity index (χ0) is 21.1. The van der Waals surface area contributed by atoms with Crippen LogP contribution in [0.25, 0.3) is 22.3 Å². The molecule has 0 aliphatic heterocycles. The number of amides is 1. The number of aromatic nitrogens is 4. The first-order valence-corrected chi connectivity index (χ1v) is 10.9. The van der Waals surface area contributed by atoms with Crippen molar-refractivity contribution in [3.05, 3.63) is 54.6 Å². The average molecular weight is 424 g/mol. The molecule has 30 heavy (non-hydrogen) atoms. The Morgan fingerprint density at radius 3 is 2.83 bits per heavy atom. The number of para-hydroxylation sites is 1. The Morgan fingerprint density at radius 2 is 2.07 bits per heavy atom. The quantitative estimate of drug-likeness (QED) is 0.408. The second-order valence-corrected chi connectivity index (χ2v) is 8.74. The van der Waals surface area contributed by atoms with Gasteiger partial charge < -0.3 is 14.7 Å². The highest BCUT2D eigenvalue weighted by atomic mass is 32.2. The van der Waals surface area contributed by atoms with Crippen molar-refractivity contribution in [2.24, 2.45) is 0 Å². The third-order valence-electron chi connectivity index (χ3n) is 5.14. The minimum Gasteiger partial charge on any atom is -0.467 e. The molecule has 4 rings (SSSR count). The van der Waals surface area contributed by atoms with Crippen LogP contribution >= 0.6 is 11.8 Å². The largest absolute Gasteiger partial charge is 0.467 e. The number of hydrogen-bond donors (Lipinski definition) is 2. The monoisotopic (exact) mass is 423 g/mol. The highest BCUT2D eigenvalue weighted by Crippen LogP contribution is 2.30. The van der Waals surface area contributed by atoms with E-state index in [2.05, 4.69) is 33.5 Å². The molecule has 0 fully saturated rings. The number of benzene rings is 1. The molecule has 156 valence electrons. The van der Waals surface area contributed by atoms with Crippen LogP contribution in [0.5, 0.6) is 0 Å². The van der Waals surface area contributed by atoms with E-state index in [0.717, 1.165) is 34.5 Å². The Balaban J connectivity index is 1.63. The van der Waals surface area contributed by atoms with E-state index in [1.54, 1.807) is 6.26 Å². The summed E-state index contributed by atoms with van der Waals surface area (Å²) in [6.07, 6.45) is 4.46. The molecular weight excluding hydrogens is 398 g/mol. The smallest absolute Gasteiger partial charge is 0.230 e. The van der Waals surface area contributed by atoms with Gasteiger partial charge in [-0.1, -0.05) is 36.9 Å². The van der Waals surface area contributed by atoms with Gasteiger partial charge in [-0.2, -0.15) is 0 Å². The van der Waals surface area contributed by atoms with E-state index in [1.165, 1.54) is 11.8 Å². The zero-order valence-corrected chi connectivity index (χ0v) is 18.1. The van der Waals surface area contributed by atoms with Gasteiger partial charge in [-0.25, -0.2) is 0 Å². The molecule has 7 nitrogen and oxygen atoms in total. The zero-order valence-electron chi connectivity index (χ0n) is 17.3. The number of fused-ring (bicyclic) bond motifs is 1. The maximum Gasteiger partial charge on any atom is 0.230 e. The molecule has 1 amide bonds. The predicted molar refractivity (Wildman–Crippen MR) is 118 cm³/mol. The Kier molecular flexibility index (Phi) is 5.67. The second-order valence-electron chi connectivity index (χ2n) is 7.79. The maximum atomic E-state index is 12.4. The Hall–Kier alpha value is -3.00. The number of hydrogen-bond acceptors (Lipinski definition) is 5. The van der Waals surface area contributed by atoms with E-state index in [-0.39, 0.29) is 17.2 Å².